The van der Waals surface area contributed by atoms with Crippen molar-refractivity contribution in [2.75, 3.05) is 19.8 Å². The third kappa shape index (κ3) is 9.14. The molecule has 0 aliphatic carbocycles. The van der Waals surface area contributed by atoms with Crippen molar-refractivity contribution in [3.05, 3.63) is 35.9 Å². The van der Waals surface area contributed by atoms with Gasteiger partial charge in [-0.3, -0.25) is 9.59 Å². The van der Waals surface area contributed by atoms with E-state index < -0.39 is 51.2 Å². The van der Waals surface area contributed by atoms with Crippen LogP contribution in [-0.2, 0) is 39.5 Å². The quantitative estimate of drug-likeness (QED) is 0.235. The first kappa shape index (κ1) is 24.7. The molecular weight excluding hydrogens is 426 g/mol. The van der Waals surface area contributed by atoms with Gasteiger partial charge in [0.15, 0.2) is 5.92 Å². The molecule has 162 valence electrons. The molecule has 29 heavy (non-hydrogen) atoms. The zero-order valence-electron chi connectivity index (χ0n) is 16.1. The average molecular weight is 450 g/mol. The highest BCUT2D eigenvalue weighted by molar-refractivity contribution is 8.14. The van der Waals surface area contributed by atoms with E-state index >= 15 is 0 Å². The number of carbonyl (C=O) groups excluding carboxylic acids is 3. The van der Waals surface area contributed by atoms with Gasteiger partial charge in [-0.2, -0.15) is 0 Å². The van der Waals surface area contributed by atoms with E-state index in [4.69, 9.17) is 24.9 Å². The third-order valence-electron chi connectivity index (χ3n) is 3.73. The monoisotopic (exact) mass is 449 g/mol. The highest BCUT2D eigenvalue weighted by Gasteiger charge is 2.37. The Bertz CT molecular complexity index is 766. The summed E-state index contributed by atoms with van der Waals surface area (Å²) in [6.07, 6.45) is -1.38. The van der Waals surface area contributed by atoms with Crippen molar-refractivity contribution in [3.63, 3.8) is 0 Å². The number of esters is 2. The predicted molar refractivity (Wildman–Crippen MR) is 105 cm³/mol. The van der Waals surface area contributed by atoms with Crippen LogP contribution >= 0.6 is 10.7 Å². The highest BCUT2D eigenvalue weighted by atomic mass is 35.7. The fourth-order valence-corrected chi connectivity index (χ4v) is 3.42. The molecule has 1 aromatic carbocycles. The smallest absolute Gasteiger partial charge is 0.407 e. The van der Waals surface area contributed by atoms with E-state index in [1.54, 1.807) is 38.1 Å². The van der Waals surface area contributed by atoms with Gasteiger partial charge in [0.1, 0.15) is 6.61 Å². The number of hydrogen-bond donors (Lipinski definition) is 1. The maximum Gasteiger partial charge on any atom is 0.407 e. The number of nitrogens with one attached hydrogen (secondary N) is 1. The molecular formula is C18H24ClNO8S. The number of carbonyl (C=O) groups is 3. The summed E-state index contributed by atoms with van der Waals surface area (Å²) >= 11 is 0. The van der Waals surface area contributed by atoms with Crippen LogP contribution in [0.5, 0.6) is 0 Å². The van der Waals surface area contributed by atoms with Crippen molar-refractivity contribution in [3.8, 4) is 0 Å². The molecule has 1 atom stereocenters. The van der Waals surface area contributed by atoms with Gasteiger partial charge in [-0.15, -0.1) is 0 Å². The molecule has 11 heteroatoms. The standard InChI is InChI=1S/C18H24ClNO8S/c1-3-26-16(21)15(17(22)27-4-2)10-14(29(19,24)25)11-20-18(23)28-12-13-8-6-5-7-9-13/h5-9,14-15H,3-4,10-12H2,1-2H3,(H,20,23). The second kappa shape index (κ2) is 12.3. The zero-order valence-corrected chi connectivity index (χ0v) is 17.7. The van der Waals surface area contributed by atoms with Crippen molar-refractivity contribution in [2.45, 2.75) is 32.1 Å². The van der Waals surface area contributed by atoms with E-state index in [-0.39, 0.29) is 19.8 Å². The molecule has 0 aliphatic rings. The third-order valence-corrected chi connectivity index (χ3v) is 5.64. The molecule has 1 unspecified atom stereocenters. The number of hydrogen-bond acceptors (Lipinski definition) is 8. The lowest BCUT2D eigenvalue weighted by Gasteiger charge is -2.19. The Morgan fingerprint density at radius 2 is 1.55 bits per heavy atom. The molecule has 0 aromatic heterocycles. The van der Waals surface area contributed by atoms with Gasteiger partial charge in [-0.05, 0) is 25.8 Å². The molecule has 0 spiro atoms. The predicted octanol–water partition coefficient (Wildman–Crippen LogP) is 1.98. The fraction of sp³-hybridized carbons (Fsp3) is 0.500. The van der Waals surface area contributed by atoms with Crippen molar-refractivity contribution in [1.82, 2.24) is 5.32 Å². The Morgan fingerprint density at radius 1 is 1.00 bits per heavy atom. The van der Waals surface area contributed by atoms with Gasteiger partial charge >= 0.3 is 18.0 Å². The lowest BCUT2D eigenvalue weighted by Crippen LogP contribution is -2.40. The number of benzene rings is 1. The molecule has 0 saturated heterocycles. The first-order chi connectivity index (χ1) is 13.7. The molecule has 1 amide bonds. The first-order valence-electron chi connectivity index (χ1n) is 8.90. The Labute approximate surface area is 174 Å². The van der Waals surface area contributed by atoms with Crippen LogP contribution < -0.4 is 5.32 Å². The molecule has 0 saturated carbocycles. The normalized spacial score (nSPS) is 12.1. The molecule has 0 fully saturated rings. The molecule has 0 aliphatic heterocycles. The van der Waals surface area contributed by atoms with Crippen molar-refractivity contribution < 1.29 is 37.0 Å². The van der Waals surface area contributed by atoms with Gasteiger partial charge in [0.25, 0.3) is 0 Å². The Balaban J connectivity index is 2.75. The second-order valence-electron chi connectivity index (χ2n) is 5.83. The van der Waals surface area contributed by atoms with Crippen LogP contribution in [0.4, 0.5) is 4.79 Å². The van der Waals surface area contributed by atoms with Crippen LogP contribution in [0.25, 0.3) is 0 Å². The fourth-order valence-electron chi connectivity index (χ4n) is 2.31. The van der Waals surface area contributed by atoms with E-state index in [1.165, 1.54) is 0 Å². The van der Waals surface area contributed by atoms with Gasteiger partial charge in [0, 0.05) is 17.2 Å². The van der Waals surface area contributed by atoms with Gasteiger partial charge in [0.05, 0.1) is 18.5 Å². The minimum Gasteiger partial charge on any atom is -0.465 e. The van der Waals surface area contributed by atoms with Crippen LogP contribution in [0.1, 0.15) is 25.8 Å². The molecule has 9 nitrogen and oxygen atoms in total. The molecule has 1 aromatic rings. The van der Waals surface area contributed by atoms with Gasteiger partial charge in [-0.1, -0.05) is 30.3 Å². The summed E-state index contributed by atoms with van der Waals surface area (Å²) in [6.45, 7) is 2.60. The highest BCUT2D eigenvalue weighted by Crippen LogP contribution is 2.19. The first-order valence-corrected chi connectivity index (χ1v) is 11.3. The molecule has 0 heterocycles. The molecule has 0 radical (unpaired) electrons. The van der Waals surface area contributed by atoms with E-state index in [0.717, 1.165) is 5.56 Å². The van der Waals surface area contributed by atoms with Crippen LogP contribution in [0.3, 0.4) is 0 Å². The molecule has 0 bridgehead atoms. The van der Waals surface area contributed by atoms with Crippen molar-refractivity contribution in [2.24, 2.45) is 5.92 Å². The minimum atomic E-state index is -4.23. The SMILES string of the molecule is CCOC(=O)C(CC(CNC(=O)OCc1ccccc1)S(=O)(=O)Cl)C(=O)OCC. The lowest BCUT2D eigenvalue weighted by molar-refractivity contribution is -0.161. The maximum atomic E-state index is 12.0. The van der Waals surface area contributed by atoms with Crippen molar-refractivity contribution in [1.29, 1.82) is 0 Å². The largest absolute Gasteiger partial charge is 0.465 e. The van der Waals surface area contributed by atoms with Crippen LogP contribution in [0, 0.1) is 5.92 Å². The van der Waals surface area contributed by atoms with Gasteiger partial charge < -0.3 is 19.5 Å². The summed E-state index contributed by atoms with van der Waals surface area (Å²) in [4.78, 5) is 35.9. The number of ether oxygens (including phenoxy) is 3. The minimum absolute atomic E-state index is 0.00289. The van der Waals surface area contributed by atoms with E-state index in [9.17, 15) is 22.8 Å². The Hall–Kier alpha value is -2.33. The van der Waals surface area contributed by atoms with E-state index in [1.807, 2.05) is 6.07 Å². The zero-order chi connectivity index (χ0) is 21.9. The Kier molecular flexibility index (Phi) is 10.5. The Morgan fingerprint density at radius 3 is 2.03 bits per heavy atom. The lowest BCUT2D eigenvalue weighted by atomic mass is 10.0. The summed E-state index contributed by atoms with van der Waals surface area (Å²) in [5.41, 5.74) is 0.744. The number of amides is 1. The van der Waals surface area contributed by atoms with E-state index in [0.29, 0.717) is 0 Å². The number of alkyl carbamates (subject to hydrolysis) is 1. The summed E-state index contributed by atoms with van der Waals surface area (Å²) in [7, 11) is 1.21. The van der Waals surface area contributed by atoms with Crippen molar-refractivity contribution >= 4 is 37.8 Å². The summed E-state index contributed by atoms with van der Waals surface area (Å²) in [5, 5.41) is 0.840. The molecule has 1 rings (SSSR count). The number of halogens is 1. The summed E-state index contributed by atoms with van der Waals surface area (Å²) in [6, 6.07) is 8.86. The van der Waals surface area contributed by atoms with E-state index in [2.05, 4.69) is 5.32 Å². The molecule has 1 N–H and O–H groups in total. The van der Waals surface area contributed by atoms with Gasteiger partial charge in [-0.25, -0.2) is 13.2 Å². The number of rotatable bonds is 11. The summed E-state index contributed by atoms with van der Waals surface area (Å²) < 4.78 is 38.4. The van der Waals surface area contributed by atoms with Gasteiger partial charge in [0.2, 0.25) is 9.05 Å². The van der Waals surface area contributed by atoms with Crippen LogP contribution in [0.15, 0.2) is 30.3 Å². The maximum absolute atomic E-state index is 12.0. The van der Waals surface area contributed by atoms with Crippen LogP contribution in [-0.4, -0.2) is 51.5 Å². The average Bonchev–Trinajstić information content (AvgIpc) is 2.66. The topological polar surface area (TPSA) is 125 Å². The summed E-state index contributed by atoms with van der Waals surface area (Å²) in [5.74, 6) is -3.35. The second-order valence-corrected chi connectivity index (χ2v) is 8.74. The van der Waals surface area contributed by atoms with Crippen LogP contribution in [0.2, 0.25) is 0 Å².